The van der Waals surface area contributed by atoms with Gasteiger partial charge in [0.25, 0.3) is 5.91 Å². The number of amides is 1. The summed E-state index contributed by atoms with van der Waals surface area (Å²) >= 11 is 6.81. The largest absolute Gasteiger partial charge is 0.496 e. The molecule has 2 aromatic rings. The van der Waals surface area contributed by atoms with E-state index in [0.717, 1.165) is 15.4 Å². The second-order valence-corrected chi connectivity index (χ2v) is 5.90. The van der Waals surface area contributed by atoms with Crippen molar-refractivity contribution in [2.24, 2.45) is 0 Å². The van der Waals surface area contributed by atoms with Gasteiger partial charge in [-0.2, -0.15) is 0 Å². The van der Waals surface area contributed by atoms with Crippen LogP contribution >= 0.6 is 31.9 Å². The molecule has 0 radical (unpaired) electrons. The minimum Gasteiger partial charge on any atom is -0.496 e. The molecule has 0 aliphatic rings. The van der Waals surface area contributed by atoms with Gasteiger partial charge < -0.3 is 10.1 Å². The Bertz CT molecular complexity index is 644. The van der Waals surface area contributed by atoms with E-state index in [-0.39, 0.29) is 5.91 Å². The van der Waals surface area contributed by atoms with E-state index < -0.39 is 0 Å². The lowest BCUT2D eigenvalue weighted by atomic mass is 10.1. The number of nitrogens with one attached hydrogen (secondary N) is 1. The van der Waals surface area contributed by atoms with Gasteiger partial charge >= 0.3 is 0 Å². The lowest BCUT2D eigenvalue weighted by Crippen LogP contribution is -2.22. The van der Waals surface area contributed by atoms with E-state index in [1.807, 2.05) is 18.2 Å². The fraction of sp³-hybridized carbons (Fsp3) is 0.188. The highest BCUT2D eigenvalue weighted by molar-refractivity contribution is 9.10. The summed E-state index contributed by atoms with van der Waals surface area (Å²) in [6, 6.07) is 13.4. The van der Waals surface area contributed by atoms with Gasteiger partial charge in [0.05, 0.1) is 11.6 Å². The second-order valence-electron chi connectivity index (χ2n) is 4.49. The van der Waals surface area contributed by atoms with Crippen LogP contribution in [0.1, 0.15) is 21.5 Å². The van der Waals surface area contributed by atoms with Crippen molar-refractivity contribution in [1.29, 1.82) is 0 Å². The third kappa shape index (κ3) is 4.32. The molecule has 1 N–H and O–H groups in total. The van der Waals surface area contributed by atoms with E-state index in [9.17, 15) is 4.79 Å². The van der Waals surface area contributed by atoms with Crippen molar-refractivity contribution in [3.8, 4) is 5.75 Å². The molecule has 0 aliphatic heterocycles. The monoisotopic (exact) mass is 411 g/mol. The third-order valence-electron chi connectivity index (χ3n) is 3.01. The van der Waals surface area contributed by atoms with Crippen molar-refractivity contribution >= 4 is 37.8 Å². The Morgan fingerprint density at radius 2 is 1.95 bits per heavy atom. The first-order valence-corrected chi connectivity index (χ1v) is 8.31. The Kier molecular flexibility index (Phi) is 5.82. The van der Waals surface area contributed by atoms with Crippen LogP contribution in [0.25, 0.3) is 0 Å². The van der Waals surface area contributed by atoms with Gasteiger partial charge in [-0.15, -0.1) is 0 Å². The standard InChI is InChI=1S/C16H15Br2NO2/c1-21-15-6-5-13(8-14(15)18)16(20)19-10-12-4-2-3-11(7-12)9-17/h2-8H,9-10H2,1H3,(H,19,20). The summed E-state index contributed by atoms with van der Waals surface area (Å²) in [5.74, 6) is 0.596. The topological polar surface area (TPSA) is 38.3 Å². The zero-order valence-electron chi connectivity index (χ0n) is 11.5. The average molecular weight is 413 g/mol. The molecule has 5 heteroatoms. The third-order valence-corrected chi connectivity index (χ3v) is 4.28. The van der Waals surface area contributed by atoms with E-state index >= 15 is 0 Å². The number of alkyl halides is 1. The molecule has 0 aromatic heterocycles. The van der Waals surface area contributed by atoms with E-state index in [0.29, 0.717) is 17.9 Å². The van der Waals surface area contributed by atoms with Crippen LogP contribution in [0.3, 0.4) is 0 Å². The SMILES string of the molecule is COc1ccc(C(=O)NCc2cccc(CBr)c2)cc1Br. The number of carbonyl (C=O) groups is 1. The maximum Gasteiger partial charge on any atom is 0.251 e. The van der Waals surface area contributed by atoms with Crippen LogP contribution in [0.4, 0.5) is 0 Å². The molecule has 0 unspecified atom stereocenters. The van der Waals surface area contributed by atoms with Crippen LogP contribution in [0, 0.1) is 0 Å². The molecule has 0 spiro atoms. The first-order chi connectivity index (χ1) is 10.1. The molecule has 0 fully saturated rings. The number of methoxy groups -OCH3 is 1. The number of hydrogen-bond donors (Lipinski definition) is 1. The van der Waals surface area contributed by atoms with Crippen molar-refractivity contribution in [2.45, 2.75) is 11.9 Å². The molecule has 3 nitrogen and oxygen atoms in total. The van der Waals surface area contributed by atoms with Gasteiger partial charge in [-0.1, -0.05) is 40.2 Å². The van der Waals surface area contributed by atoms with Gasteiger partial charge in [0.1, 0.15) is 5.75 Å². The van der Waals surface area contributed by atoms with E-state index in [1.54, 1.807) is 25.3 Å². The lowest BCUT2D eigenvalue weighted by Gasteiger charge is -2.08. The van der Waals surface area contributed by atoms with Crippen molar-refractivity contribution < 1.29 is 9.53 Å². The average Bonchev–Trinajstić information content (AvgIpc) is 2.52. The van der Waals surface area contributed by atoms with Crippen LogP contribution in [0.15, 0.2) is 46.9 Å². The van der Waals surface area contributed by atoms with Crippen LogP contribution < -0.4 is 10.1 Å². The molecule has 110 valence electrons. The molecule has 2 rings (SSSR count). The molecule has 0 heterocycles. The van der Waals surface area contributed by atoms with Crippen LogP contribution in [-0.2, 0) is 11.9 Å². The predicted octanol–water partition coefficient (Wildman–Crippen LogP) is 4.28. The zero-order valence-corrected chi connectivity index (χ0v) is 14.7. The predicted molar refractivity (Wildman–Crippen MR) is 90.9 cm³/mol. The van der Waals surface area contributed by atoms with Gasteiger partial charge in [0.2, 0.25) is 0 Å². The molecule has 2 aromatic carbocycles. The van der Waals surface area contributed by atoms with Crippen molar-refractivity contribution in [1.82, 2.24) is 5.32 Å². The minimum atomic E-state index is -0.109. The number of ether oxygens (including phenoxy) is 1. The Morgan fingerprint density at radius 1 is 1.19 bits per heavy atom. The maximum atomic E-state index is 12.1. The maximum absolute atomic E-state index is 12.1. The Balaban J connectivity index is 2.02. The summed E-state index contributed by atoms with van der Waals surface area (Å²) in [7, 11) is 1.59. The fourth-order valence-electron chi connectivity index (χ4n) is 1.91. The minimum absolute atomic E-state index is 0.109. The first kappa shape index (κ1) is 16.0. The number of halogens is 2. The van der Waals surface area contributed by atoms with Crippen molar-refractivity contribution in [2.75, 3.05) is 7.11 Å². The molecular formula is C16H15Br2NO2. The highest BCUT2D eigenvalue weighted by Gasteiger charge is 2.08. The second kappa shape index (κ2) is 7.61. The van der Waals surface area contributed by atoms with Crippen molar-refractivity contribution in [3.05, 3.63) is 63.6 Å². The molecule has 0 saturated heterocycles. The molecule has 21 heavy (non-hydrogen) atoms. The van der Waals surface area contributed by atoms with E-state index in [2.05, 4.69) is 43.2 Å². The molecule has 0 aliphatic carbocycles. The summed E-state index contributed by atoms with van der Waals surface area (Å²) in [6.07, 6.45) is 0. The quantitative estimate of drug-likeness (QED) is 0.744. The molecular weight excluding hydrogens is 398 g/mol. The number of carbonyl (C=O) groups excluding carboxylic acids is 1. The van der Waals surface area contributed by atoms with Crippen LogP contribution in [0.5, 0.6) is 5.75 Å². The molecule has 0 saturated carbocycles. The van der Waals surface area contributed by atoms with Gasteiger partial charge in [0, 0.05) is 17.4 Å². The Hall–Kier alpha value is -1.33. The van der Waals surface area contributed by atoms with Crippen molar-refractivity contribution in [3.63, 3.8) is 0 Å². The van der Waals surface area contributed by atoms with Gasteiger partial charge in [-0.05, 0) is 45.3 Å². The highest BCUT2D eigenvalue weighted by Crippen LogP contribution is 2.25. The van der Waals surface area contributed by atoms with Gasteiger partial charge in [-0.3, -0.25) is 4.79 Å². The van der Waals surface area contributed by atoms with Crippen LogP contribution in [-0.4, -0.2) is 13.0 Å². The summed E-state index contributed by atoms with van der Waals surface area (Å²) in [5, 5.41) is 3.72. The van der Waals surface area contributed by atoms with Gasteiger partial charge in [0.15, 0.2) is 0 Å². The fourth-order valence-corrected chi connectivity index (χ4v) is 2.80. The zero-order chi connectivity index (χ0) is 15.2. The van der Waals surface area contributed by atoms with Crippen LogP contribution in [0.2, 0.25) is 0 Å². The first-order valence-electron chi connectivity index (χ1n) is 6.39. The Labute approximate surface area is 141 Å². The lowest BCUT2D eigenvalue weighted by molar-refractivity contribution is 0.0951. The molecule has 0 atom stereocenters. The number of hydrogen-bond acceptors (Lipinski definition) is 2. The number of benzene rings is 2. The molecule has 1 amide bonds. The summed E-state index contributed by atoms with van der Waals surface area (Å²) < 4.78 is 5.91. The van der Waals surface area contributed by atoms with E-state index in [4.69, 9.17) is 4.74 Å². The number of rotatable bonds is 5. The Morgan fingerprint density at radius 3 is 2.62 bits per heavy atom. The molecule has 0 bridgehead atoms. The van der Waals surface area contributed by atoms with E-state index in [1.165, 1.54) is 5.56 Å². The summed E-state index contributed by atoms with van der Waals surface area (Å²) in [6.45, 7) is 0.503. The summed E-state index contributed by atoms with van der Waals surface area (Å²) in [4.78, 5) is 12.1. The highest BCUT2D eigenvalue weighted by atomic mass is 79.9. The van der Waals surface area contributed by atoms with Gasteiger partial charge in [-0.25, -0.2) is 0 Å². The smallest absolute Gasteiger partial charge is 0.251 e. The summed E-state index contributed by atoms with van der Waals surface area (Å²) in [5.41, 5.74) is 2.86. The normalized spacial score (nSPS) is 10.2.